The third kappa shape index (κ3) is 4.08. The van der Waals surface area contributed by atoms with Gasteiger partial charge in [-0.3, -0.25) is 9.59 Å². The number of nitrogens with one attached hydrogen (secondary N) is 2. The lowest BCUT2D eigenvalue weighted by Crippen LogP contribution is -2.27. The zero-order valence-electron chi connectivity index (χ0n) is 12.8. The molecule has 0 spiro atoms. The Labute approximate surface area is 150 Å². The van der Waals surface area contributed by atoms with Crippen LogP contribution >= 0.6 is 23.2 Å². The van der Waals surface area contributed by atoms with E-state index in [-0.39, 0.29) is 23.7 Å². The van der Waals surface area contributed by atoms with Gasteiger partial charge in [0, 0.05) is 11.6 Å². The van der Waals surface area contributed by atoms with E-state index in [0.717, 1.165) is 5.56 Å². The maximum Gasteiger partial charge on any atom is 0.228 e. The van der Waals surface area contributed by atoms with Crippen molar-refractivity contribution >= 4 is 40.7 Å². The summed E-state index contributed by atoms with van der Waals surface area (Å²) in [6, 6.07) is 14.3. The largest absolute Gasteiger partial charge is 0.352 e. The molecule has 1 aliphatic rings. The van der Waals surface area contributed by atoms with Gasteiger partial charge < -0.3 is 10.6 Å². The molecule has 2 amide bonds. The van der Waals surface area contributed by atoms with E-state index < -0.39 is 0 Å². The minimum absolute atomic E-state index is 0.107. The Hall–Kier alpha value is -2.04. The van der Waals surface area contributed by atoms with Gasteiger partial charge in [0.15, 0.2) is 0 Å². The van der Waals surface area contributed by atoms with Crippen LogP contribution in [0.3, 0.4) is 0 Å². The van der Waals surface area contributed by atoms with E-state index in [1.54, 1.807) is 36.4 Å². The lowest BCUT2D eigenvalue weighted by molar-refractivity contribution is -0.125. The van der Waals surface area contributed by atoms with Crippen molar-refractivity contribution in [1.29, 1.82) is 0 Å². The highest BCUT2D eigenvalue weighted by Crippen LogP contribution is 2.40. The molecule has 4 nitrogen and oxygen atoms in total. The fourth-order valence-corrected chi connectivity index (χ4v) is 2.79. The summed E-state index contributed by atoms with van der Waals surface area (Å²) in [4.78, 5) is 24.3. The summed E-state index contributed by atoms with van der Waals surface area (Å²) >= 11 is 11.8. The lowest BCUT2D eigenvalue weighted by atomic mass is 10.2. The number of benzene rings is 2. The first-order chi connectivity index (χ1) is 11.5. The molecule has 1 fully saturated rings. The van der Waals surface area contributed by atoms with Crippen LogP contribution in [0.25, 0.3) is 0 Å². The van der Waals surface area contributed by atoms with Gasteiger partial charge in [0.1, 0.15) is 0 Å². The van der Waals surface area contributed by atoms with E-state index in [2.05, 4.69) is 10.6 Å². The number of hydrogen-bond acceptors (Lipinski definition) is 2. The second-order valence-corrected chi connectivity index (χ2v) is 6.61. The summed E-state index contributed by atoms with van der Waals surface area (Å²) < 4.78 is 0. The summed E-state index contributed by atoms with van der Waals surface area (Å²) in [7, 11) is 0. The van der Waals surface area contributed by atoms with Gasteiger partial charge in [0.25, 0.3) is 0 Å². The van der Waals surface area contributed by atoms with Crippen LogP contribution in [-0.4, -0.2) is 11.8 Å². The zero-order chi connectivity index (χ0) is 17.1. The molecule has 3 rings (SSSR count). The fourth-order valence-electron chi connectivity index (χ4n) is 2.49. The van der Waals surface area contributed by atoms with Gasteiger partial charge >= 0.3 is 0 Å². The maximum atomic E-state index is 12.2. The number of para-hydroxylation sites is 1. The lowest BCUT2D eigenvalue weighted by Gasteiger charge is -2.07. The second kappa shape index (κ2) is 7.24. The number of carbonyl (C=O) groups excluding carboxylic acids is 2. The zero-order valence-corrected chi connectivity index (χ0v) is 14.3. The molecular formula is C18H16Cl2N2O2. The number of halogens is 2. The van der Waals surface area contributed by atoms with Crippen molar-refractivity contribution in [3.05, 3.63) is 64.1 Å². The monoisotopic (exact) mass is 362 g/mol. The molecule has 0 aromatic heterocycles. The molecule has 124 valence electrons. The number of hydrogen-bond donors (Lipinski definition) is 2. The van der Waals surface area contributed by atoms with Crippen LogP contribution in [0.15, 0.2) is 48.5 Å². The van der Waals surface area contributed by atoms with Crippen molar-refractivity contribution in [1.82, 2.24) is 5.32 Å². The van der Waals surface area contributed by atoms with Gasteiger partial charge in [-0.25, -0.2) is 0 Å². The first-order valence-corrected chi connectivity index (χ1v) is 8.38. The van der Waals surface area contributed by atoms with E-state index in [4.69, 9.17) is 23.2 Å². The van der Waals surface area contributed by atoms with Crippen molar-refractivity contribution in [2.24, 2.45) is 11.8 Å². The third-order valence-electron chi connectivity index (χ3n) is 3.98. The third-order valence-corrected chi connectivity index (χ3v) is 4.56. The minimum atomic E-state index is -0.300. The highest BCUT2D eigenvalue weighted by Gasteiger charge is 2.47. The van der Waals surface area contributed by atoms with E-state index in [1.807, 2.05) is 12.1 Å². The van der Waals surface area contributed by atoms with Crippen LogP contribution in [0.1, 0.15) is 12.0 Å². The summed E-state index contributed by atoms with van der Waals surface area (Å²) in [5, 5.41) is 6.76. The van der Waals surface area contributed by atoms with Gasteiger partial charge in [-0.15, -0.1) is 0 Å². The number of rotatable bonds is 5. The van der Waals surface area contributed by atoms with Gasteiger partial charge in [0.2, 0.25) is 11.8 Å². The topological polar surface area (TPSA) is 58.2 Å². The van der Waals surface area contributed by atoms with Gasteiger partial charge in [0.05, 0.1) is 22.5 Å². The molecule has 1 saturated carbocycles. The first-order valence-electron chi connectivity index (χ1n) is 7.62. The highest BCUT2D eigenvalue weighted by atomic mass is 35.5. The standard InChI is InChI=1S/C18H16Cl2N2O2/c19-12-7-5-11(6-8-12)10-21-17(23)13-9-14(13)18(24)22-16-4-2-1-3-15(16)20/h1-8,13-14H,9-10H2,(H,21,23)(H,22,24). The van der Waals surface area contributed by atoms with Crippen molar-refractivity contribution in [2.75, 3.05) is 5.32 Å². The quantitative estimate of drug-likeness (QED) is 0.847. The Morgan fingerprint density at radius 3 is 2.33 bits per heavy atom. The van der Waals surface area contributed by atoms with Crippen LogP contribution in [0.5, 0.6) is 0 Å². The highest BCUT2D eigenvalue weighted by molar-refractivity contribution is 6.33. The maximum absolute atomic E-state index is 12.2. The molecule has 24 heavy (non-hydrogen) atoms. The number of anilines is 1. The van der Waals surface area contributed by atoms with Crippen molar-refractivity contribution < 1.29 is 9.59 Å². The smallest absolute Gasteiger partial charge is 0.228 e. The van der Waals surface area contributed by atoms with E-state index in [0.29, 0.717) is 28.7 Å². The summed E-state index contributed by atoms with van der Waals surface area (Å²) in [5.41, 5.74) is 1.53. The SMILES string of the molecule is O=C(NCc1ccc(Cl)cc1)C1CC1C(=O)Nc1ccccc1Cl. The van der Waals surface area contributed by atoms with Gasteiger partial charge in [-0.1, -0.05) is 47.5 Å². The molecule has 2 unspecified atom stereocenters. The average Bonchev–Trinajstić information content (AvgIpc) is 3.37. The molecule has 0 radical (unpaired) electrons. The number of amides is 2. The van der Waals surface area contributed by atoms with Crippen LogP contribution in [0, 0.1) is 11.8 Å². The molecule has 0 bridgehead atoms. The molecule has 2 aromatic carbocycles. The minimum Gasteiger partial charge on any atom is -0.352 e. The molecule has 6 heteroatoms. The summed E-state index contributed by atoms with van der Waals surface area (Å²) in [6.45, 7) is 0.422. The molecule has 0 heterocycles. The molecule has 2 N–H and O–H groups in total. The molecule has 2 aromatic rings. The summed E-state index contributed by atoms with van der Waals surface area (Å²) in [6.07, 6.45) is 0.558. The Morgan fingerprint density at radius 1 is 0.958 bits per heavy atom. The van der Waals surface area contributed by atoms with Crippen LogP contribution in [-0.2, 0) is 16.1 Å². The fraction of sp³-hybridized carbons (Fsp3) is 0.222. The molecule has 0 aliphatic heterocycles. The predicted molar refractivity (Wildman–Crippen MR) is 95.0 cm³/mol. The number of carbonyl (C=O) groups is 2. The Balaban J connectivity index is 1.49. The molecule has 0 saturated heterocycles. The average molecular weight is 363 g/mol. The molecule has 2 atom stereocenters. The van der Waals surface area contributed by atoms with Crippen molar-refractivity contribution in [3.8, 4) is 0 Å². The van der Waals surface area contributed by atoms with Crippen molar-refractivity contribution in [2.45, 2.75) is 13.0 Å². The summed E-state index contributed by atoms with van der Waals surface area (Å²) in [5.74, 6) is -0.856. The van der Waals surface area contributed by atoms with Gasteiger partial charge in [-0.05, 0) is 36.2 Å². The Bertz CT molecular complexity index is 762. The van der Waals surface area contributed by atoms with E-state index in [1.165, 1.54) is 0 Å². The van der Waals surface area contributed by atoms with Crippen LogP contribution in [0.2, 0.25) is 10.0 Å². The molecule has 1 aliphatic carbocycles. The van der Waals surface area contributed by atoms with E-state index in [9.17, 15) is 9.59 Å². The van der Waals surface area contributed by atoms with Crippen LogP contribution in [0.4, 0.5) is 5.69 Å². The first kappa shape index (κ1) is 16.8. The van der Waals surface area contributed by atoms with Crippen LogP contribution < -0.4 is 10.6 Å². The normalized spacial score (nSPS) is 18.8. The second-order valence-electron chi connectivity index (χ2n) is 5.76. The van der Waals surface area contributed by atoms with Crippen molar-refractivity contribution in [3.63, 3.8) is 0 Å². The predicted octanol–water partition coefficient (Wildman–Crippen LogP) is 3.88. The Kier molecular flexibility index (Phi) is 5.07. The molecular weight excluding hydrogens is 347 g/mol. The van der Waals surface area contributed by atoms with Gasteiger partial charge in [-0.2, -0.15) is 0 Å². The Morgan fingerprint density at radius 2 is 1.62 bits per heavy atom. The van der Waals surface area contributed by atoms with E-state index >= 15 is 0 Å².